The van der Waals surface area contributed by atoms with Crippen molar-refractivity contribution in [2.45, 2.75) is 50.6 Å². The van der Waals surface area contributed by atoms with Gasteiger partial charge in [-0.05, 0) is 90.9 Å². The fourth-order valence-electron chi connectivity index (χ4n) is 7.80. The van der Waals surface area contributed by atoms with Crippen LogP contribution in [-0.2, 0) is 19.3 Å². The summed E-state index contributed by atoms with van der Waals surface area (Å²) in [4.78, 5) is 39.0. The van der Waals surface area contributed by atoms with E-state index in [0.29, 0.717) is 59.0 Å². The molecule has 0 unspecified atom stereocenters. The molecule has 0 spiro atoms. The van der Waals surface area contributed by atoms with E-state index in [1.807, 2.05) is 17.0 Å². The van der Waals surface area contributed by atoms with E-state index >= 15 is 0 Å². The van der Waals surface area contributed by atoms with Crippen LogP contribution in [-0.4, -0.2) is 44.6 Å². The van der Waals surface area contributed by atoms with Crippen LogP contribution in [0.3, 0.4) is 0 Å². The van der Waals surface area contributed by atoms with Gasteiger partial charge in [0.25, 0.3) is 11.8 Å². The van der Waals surface area contributed by atoms with Crippen molar-refractivity contribution in [1.82, 2.24) is 25.1 Å². The van der Waals surface area contributed by atoms with Gasteiger partial charge in [-0.15, -0.1) is 16.4 Å². The highest BCUT2D eigenvalue weighted by Crippen LogP contribution is 2.50. The van der Waals surface area contributed by atoms with Gasteiger partial charge >= 0.3 is 5.76 Å². The summed E-state index contributed by atoms with van der Waals surface area (Å²) in [6, 6.07) is 12.9. The first-order chi connectivity index (χ1) is 24.4. The van der Waals surface area contributed by atoms with Gasteiger partial charge in [-0.2, -0.15) is 0 Å². The molecule has 4 aromatic heterocycles. The number of ether oxygens (including phenoxy) is 1. The number of hydrogen-bond acceptors (Lipinski definition) is 9. The maximum atomic E-state index is 14.6. The van der Waals surface area contributed by atoms with E-state index in [9.17, 15) is 18.4 Å². The Hall–Kier alpha value is -5.43. The van der Waals surface area contributed by atoms with Crippen LogP contribution < -0.4 is 15.8 Å². The minimum Gasteiger partial charge on any atom is -0.496 e. The molecule has 1 saturated heterocycles. The predicted octanol–water partition coefficient (Wildman–Crippen LogP) is 7.16. The lowest BCUT2D eigenvalue weighted by molar-refractivity contribution is 0.0776. The molecule has 1 aliphatic carbocycles. The monoisotopic (exact) mass is 692 g/mol. The van der Waals surface area contributed by atoms with E-state index < -0.39 is 5.76 Å². The number of methoxy groups -OCH3 is 1. The average Bonchev–Trinajstić information content (AvgIpc) is 3.95. The minimum atomic E-state index is -0.722. The van der Waals surface area contributed by atoms with E-state index in [1.165, 1.54) is 29.5 Å². The Labute approximate surface area is 288 Å². The lowest BCUT2D eigenvalue weighted by Crippen LogP contribution is -2.22. The zero-order chi connectivity index (χ0) is 34.1. The molecule has 50 heavy (non-hydrogen) atoms. The van der Waals surface area contributed by atoms with Crippen LogP contribution in [0.4, 0.5) is 14.6 Å². The highest BCUT2D eigenvalue weighted by atomic mass is 32.1. The third-order valence-electron chi connectivity index (χ3n) is 10.0. The third-order valence-corrected chi connectivity index (χ3v) is 11.2. The van der Waals surface area contributed by atoms with Crippen molar-refractivity contribution >= 4 is 33.1 Å². The summed E-state index contributed by atoms with van der Waals surface area (Å²) in [6.45, 7) is 0.635. The fourth-order valence-corrected chi connectivity index (χ4v) is 8.97. The molecule has 3 aliphatic rings. The van der Waals surface area contributed by atoms with Gasteiger partial charge in [0.1, 0.15) is 23.2 Å². The second-order valence-electron chi connectivity index (χ2n) is 12.9. The maximum Gasteiger partial charge on any atom is 0.434 e. The minimum absolute atomic E-state index is 0.0433. The molecule has 2 aromatic carbocycles. The van der Waals surface area contributed by atoms with Gasteiger partial charge in [0.2, 0.25) is 0 Å². The van der Waals surface area contributed by atoms with Crippen molar-refractivity contribution in [1.29, 1.82) is 0 Å². The normalized spacial score (nSPS) is 17.7. The first kappa shape index (κ1) is 30.6. The third kappa shape index (κ3) is 4.98. The van der Waals surface area contributed by atoms with Gasteiger partial charge in [0.05, 0.1) is 46.4 Å². The number of aromatic nitrogens is 4. The van der Waals surface area contributed by atoms with Crippen LogP contribution in [0.5, 0.6) is 5.75 Å². The lowest BCUT2D eigenvalue weighted by Gasteiger charge is -2.16. The summed E-state index contributed by atoms with van der Waals surface area (Å²) in [6.07, 6.45) is 5.87. The molecule has 252 valence electrons. The number of thiophene rings is 1. The molecule has 0 bridgehead atoms. The number of fused-ring (bicyclic) bond motifs is 5. The smallest absolute Gasteiger partial charge is 0.434 e. The van der Waals surface area contributed by atoms with E-state index in [4.69, 9.17) is 19.1 Å². The highest BCUT2D eigenvalue weighted by Gasteiger charge is 2.45. The molecule has 1 fully saturated rings. The summed E-state index contributed by atoms with van der Waals surface area (Å²) < 4.78 is 40.2. The lowest BCUT2D eigenvalue weighted by atomic mass is 9.93. The number of hydrogen-bond donors (Lipinski definition) is 2. The molecular formula is C37H30F2N6O4S. The van der Waals surface area contributed by atoms with E-state index in [2.05, 4.69) is 15.5 Å². The molecule has 2 aliphatic heterocycles. The number of aromatic amines is 1. The van der Waals surface area contributed by atoms with Crippen molar-refractivity contribution in [2.24, 2.45) is 0 Å². The van der Waals surface area contributed by atoms with Crippen LogP contribution in [0.1, 0.15) is 69.8 Å². The standard InChI is InChI=1S/C37H30F2N6O4S/c1-48-27-17-21(39)16-23-22(27)9-11-24(23)42-34-33-19(12-13-40-34)15-28(50-33)30-29(35-43-44-37(47)49-35)25(10-6-18-4-7-20(38)8-5-18)41-32-26-3-2-14-45(26)36(46)31(30)32/h4-5,7-8,12-13,15-17,24,26H,2-3,6,9-11,14H2,1H3,(H,40,42)(H,44,47)/t24-,26-/m0/s1. The second-order valence-corrected chi connectivity index (χ2v) is 13.9. The Morgan fingerprint density at radius 3 is 2.70 bits per heavy atom. The van der Waals surface area contributed by atoms with Crippen LogP contribution in [0.15, 0.2) is 63.9 Å². The maximum absolute atomic E-state index is 14.6. The quantitative estimate of drug-likeness (QED) is 0.172. The van der Waals surface area contributed by atoms with Crippen molar-refractivity contribution < 1.29 is 22.7 Å². The number of pyridine rings is 2. The van der Waals surface area contributed by atoms with Crippen LogP contribution in [0.2, 0.25) is 0 Å². The SMILES string of the molecule is COc1cc(F)cc2c1CC[C@@H]2Nc1nccc2cc(-c3c4c(nc(CCc5ccc(F)cc5)c3-c3n[nH]c(=O)o3)[C@@H]3CCCN3C4=O)sc12. The van der Waals surface area contributed by atoms with Crippen molar-refractivity contribution in [3.05, 3.63) is 111 Å². The first-order valence-electron chi connectivity index (χ1n) is 16.6. The van der Waals surface area contributed by atoms with Gasteiger partial charge in [-0.1, -0.05) is 12.1 Å². The molecule has 6 heterocycles. The van der Waals surface area contributed by atoms with Crippen LogP contribution in [0, 0.1) is 11.6 Å². The number of halogens is 2. The summed E-state index contributed by atoms with van der Waals surface area (Å²) in [7, 11) is 1.55. The van der Waals surface area contributed by atoms with Gasteiger partial charge in [-0.3, -0.25) is 9.78 Å². The van der Waals surface area contributed by atoms with Crippen molar-refractivity contribution in [3.63, 3.8) is 0 Å². The van der Waals surface area contributed by atoms with Crippen molar-refractivity contribution in [2.75, 3.05) is 19.0 Å². The number of rotatable bonds is 8. The Morgan fingerprint density at radius 1 is 1.04 bits per heavy atom. The topological polar surface area (TPSA) is 126 Å². The number of benzene rings is 2. The molecule has 0 saturated carbocycles. The molecule has 2 atom stereocenters. The Morgan fingerprint density at radius 2 is 1.90 bits per heavy atom. The van der Waals surface area contributed by atoms with E-state index in [0.717, 1.165) is 57.3 Å². The Bertz CT molecular complexity index is 2390. The van der Waals surface area contributed by atoms with Gasteiger partial charge in [0.15, 0.2) is 0 Å². The predicted molar refractivity (Wildman–Crippen MR) is 183 cm³/mol. The summed E-state index contributed by atoms with van der Waals surface area (Å²) in [5.41, 5.74) is 5.66. The zero-order valence-corrected chi connectivity index (χ0v) is 27.7. The van der Waals surface area contributed by atoms with E-state index in [1.54, 1.807) is 31.5 Å². The molecule has 6 aromatic rings. The number of amides is 1. The first-order valence-corrected chi connectivity index (χ1v) is 17.4. The van der Waals surface area contributed by atoms with Crippen LogP contribution >= 0.6 is 11.3 Å². The number of H-pyrrole nitrogens is 1. The number of carbonyl (C=O) groups is 1. The Balaban J connectivity index is 1.20. The molecule has 0 radical (unpaired) electrons. The van der Waals surface area contributed by atoms with E-state index in [-0.39, 0.29) is 35.5 Å². The number of anilines is 1. The zero-order valence-electron chi connectivity index (χ0n) is 26.9. The van der Waals surface area contributed by atoms with Gasteiger partial charge in [-0.25, -0.2) is 23.7 Å². The molecule has 10 nitrogen and oxygen atoms in total. The molecular weight excluding hydrogens is 663 g/mol. The molecule has 2 N–H and O–H groups in total. The number of aryl methyl sites for hydroxylation is 2. The number of nitrogens with one attached hydrogen (secondary N) is 2. The van der Waals surface area contributed by atoms with Gasteiger partial charge in [0, 0.05) is 29.2 Å². The fraction of sp³-hybridized carbons (Fsp3) is 0.270. The van der Waals surface area contributed by atoms with Gasteiger partial charge < -0.3 is 19.4 Å². The Kier molecular flexibility index (Phi) is 7.27. The molecule has 9 rings (SSSR count). The highest BCUT2D eigenvalue weighted by molar-refractivity contribution is 7.23. The number of carbonyl (C=O) groups excluding carboxylic acids is 1. The van der Waals surface area contributed by atoms with Crippen LogP contribution in [0.25, 0.3) is 32.0 Å². The summed E-state index contributed by atoms with van der Waals surface area (Å²) in [5.74, 6) is -0.283. The largest absolute Gasteiger partial charge is 0.496 e. The summed E-state index contributed by atoms with van der Waals surface area (Å²) in [5, 5.41) is 11.1. The average molecular weight is 693 g/mol. The number of nitrogens with zero attached hydrogens (tertiary/aromatic N) is 4. The summed E-state index contributed by atoms with van der Waals surface area (Å²) >= 11 is 1.47. The second kappa shape index (κ2) is 11.9. The molecule has 13 heteroatoms. The van der Waals surface area contributed by atoms with Crippen molar-refractivity contribution in [3.8, 4) is 27.6 Å². The molecule has 1 amide bonds.